The van der Waals surface area contributed by atoms with Crippen LogP contribution in [0.25, 0.3) is 0 Å². The summed E-state index contributed by atoms with van der Waals surface area (Å²) in [7, 11) is 0. The summed E-state index contributed by atoms with van der Waals surface area (Å²) in [5.41, 5.74) is 0. The largest absolute Gasteiger partial charge is 0.0654 e. The van der Waals surface area contributed by atoms with E-state index in [1.54, 1.807) is 0 Å². The minimum absolute atomic E-state index is 0.965. The molecule has 0 N–H and O–H groups in total. The number of hydrogen-bond acceptors (Lipinski definition) is 0. The maximum absolute atomic E-state index is 2.59. The van der Waals surface area contributed by atoms with E-state index in [1.165, 1.54) is 122 Å². The summed E-state index contributed by atoms with van der Waals surface area (Å²) < 4.78 is 0. The molecule has 0 saturated heterocycles. The van der Waals surface area contributed by atoms with Crippen LogP contribution in [0.2, 0.25) is 0 Å². The zero-order chi connectivity index (χ0) is 17.7. The van der Waals surface area contributed by atoms with E-state index in [1.807, 2.05) is 0 Å². The van der Waals surface area contributed by atoms with E-state index in [4.69, 9.17) is 0 Å². The van der Waals surface area contributed by atoms with Crippen LogP contribution in [0.1, 0.15) is 143 Å². The van der Waals surface area contributed by atoms with E-state index >= 15 is 0 Å². The number of hydrogen-bond donors (Lipinski definition) is 0. The van der Waals surface area contributed by atoms with E-state index in [0.717, 1.165) is 5.92 Å². The molecule has 24 heavy (non-hydrogen) atoms. The highest BCUT2D eigenvalue weighted by molar-refractivity contribution is 4.70. The Kier molecular flexibility index (Phi) is 21.0. The first-order valence-corrected chi connectivity index (χ1v) is 11.7. The van der Waals surface area contributed by atoms with Gasteiger partial charge in [-0.15, -0.1) is 0 Å². The standard InChI is InChI=1S/C24H49/c1-4-7-9-10-11-12-13-14-15-16-17-18-19-20-21-23-24(6-3)22-8-5-2/h21,24H,4-20,22-23H2,1-3H3. The van der Waals surface area contributed by atoms with Crippen LogP contribution in [0.3, 0.4) is 0 Å². The summed E-state index contributed by atoms with van der Waals surface area (Å²) in [6.07, 6.45) is 29.9. The minimum atomic E-state index is 0.965. The summed E-state index contributed by atoms with van der Waals surface area (Å²) in [6.45, 7) is 6.97. The fraction of sp³-hybridized carbons (Fsp3) is 0.958. The van der Waals surface area contributed by atoms with E-state index in [-0.39, 0.29) is 0 Å². The Balaban J connectivity index is 3.12. The molecule has 0 aliphatic carbocycles. The Morgan fingerprint density at radius 3 is 1.46 bits per heavy atom. The highest BCUT2D eigenvalue weighted by Gasteiger charge is 2.05. The lowest BCUT2D eigenvalue weighted by atomic mass is 9.93. The van der Waals surface area contributed by atoms with Gasteiger partial charge < -0.3 is 0 Å². The van der Waals surface area contributed by atoms with Crippen LogP contribution in [0.4, 0.5) is 0 Å². The molecule has 1 unspecified atom stereocenters. The second-order valence-electron chi connectivity index (χ2n) is 7.97. The molecule has 0 aromatic rings. The Morgan fingerprint density at radius 2 is 1.00 bits per heavy atom. The first kappa shape index (κ1) is 24.0. The SMILES string of the molecule is CCCCCCCCCCCCCCC[CH]CC(CC)CCCC. The van der Waals surface area contributed by atoms with E-state index < -0.39 is 0 Å². The highest BCUT2D eigenvalue weighted by atomic mass is 14.1. The monoisotopic (exact) mass is 337 g/mol. The van der Waals surface area contributed by atoms with Gasteiger partial charge in [0.1, 0.15) is 0 Å². The lowest BCUT2D eigenvalue weighted by Crippen LogP contribution is -1.99. The van der Waals surface area contributed by atoms with Crippen molar-refractivity contribution in [1.29, 1.82) is 0 Å². The van der Waals surface area contributed by atoms with Gasteiger partial charge in [-0.1, -0.05) is 136 Å². The lowest BCUT2D eigenvalue weighted by Gasteiger charge is -2.13. The molecule has 1 atom stereocenters. The summed E-state index contributed by atoms with van der Waals surface area (Å²) in [6, 6.07) is 0. The van der Waals surface area contributed by atoms with Crippen LogP contribution in [-0.4, -0.2) is 0 Å². The molecule has 0 saturated carbocycles. The molecule has 0 aliphatic heterocycles. The second-order valence-corrected chi connectivity index (χ2v) is 7.97. The molecule has 0 spiro atoms. The van der Waals surface area contributed by atoms with Gasteiger partial charge in [-0.05, 0) is 18.8 Å². The van der Waals surface area contributed by atoms with Crippen molar-refractivity contribution in [3.05, 3.63) is 6.42 Å². The first-order chi connectivity index (χ1) is 11.8. The summed E-state index contributed by atoms with van der Waals surface area (Å²) in [5, 5.41) is 0. The Hall–Kier alpha value is 0. The molecule has 0 amide bonds. The predicted molar refractivity (Wildman–Crippen MR) is 113 cm³/mol. The van der Waals surface area contributed by atoms with Gasteiger partial charge in [0.15, 0.2) is 0 Å². The quantitative estimate of drug-likeness (QED) is 0.194. The second kappa shape index (κ2) is 21.0. The zero-order valence-electron chi connectivity index (χ0n) is 17.6. The van der Waals surface area contributed by atoms with Gasteiger partial charge in [-0.2, -0.15) is 0 Å². The highest BCUT2D eigenvalue weighted by Crippen LogP contribution is 2.20. The van der Waals surface area contributed by atoms with Crippen molar-refractivity contribution in [2.75, 3.05) is 0 Å². The molecule has 0 bridgehead atoms. The molecule has 0 heterocycles. The van der Waals surface area contributed by atoms with Gasteiger partial charge in [0, 0.05) is 0 Å². The third-order valence-corrected chi connectivity index (χ3v) is 5.56. The topological polar surface area (TPSA) is 0 Å². The van der Waals surface area contributed by atoms with Crippen molar-refractivity contribution >= 4 is 0 Å². The fourth-order valence-corrected chi connectivity index (χ4v) is 3.64. The molecular formula is C24H49. The first-order valence-electron chi connectivity index (χ1n) is 11.7. The van der Waals surface area contributed by atoms with Crippen LogP contribution in [0.15, 0.2) is 0 Å². The molecule has 0 aliphatic rings. The Bertz CT molecular complexity index is 208. The zero-order valence-corrected chi connectivity index (χ0v) is 17.6. The Labute approximate surface area is 155 Å². The summed E-state index contributed by atoms with van der Waals surface area (Å²) >= 11 is 0. The summed E-state index contributed by atoms with van der Waals surface area (Å²) in [4.78, 5) is 0. The van der Waals surface area contributed by atoms with E-state index in [0.29, 0.717) is 0 Å². The van der Waals surface area contributed by atoms with Crippen LogP contribution in [0.5, 0.6) is 0 Å². The molecule has 1 radical (unpaired) electrons. The fourth-order valence-electron chi connectivity index (χ4n) is 3.64. The van der Waals surface area contributed by atoms with Gasteiger partial charge in [0.05, 0.1) is 0 Å². The van der Waals surface area contributed by atoms with Gasteiger partial charge in [-0.3, -0.25) is 0 Å². The van der Waals surface area contributed by atoms with Gasteiger partial charge >= 0.3 is 0 Å². The Morgan fingerprint density at radius 1 is 0.542 bits per heavy atom. The molecule has 0 aromatic carbocycles. The molecule has 0 nitrogen and oxygen atoms in total. The minimum Gasteiger partial charge on any atom is -0.0654 e. The molecule has 145 valence electrons. The smallest absolute Gasteiger partial charge is 0.0383 e. The third kappa shape index (κ3) is 18.3. The maximum Gasteiger partial charge on any atom is -0.0383 e. The molecule has 0 aromatic heterocycles. The van der Waals surface area contributed by atoms with Gasteiger partial charge in [0.2, 0.25) is 0 Å². The van der Waals surface area contributed by atoms with E-state index in [9.17, 15) is 0 Å². The van der Waals surface area contributed by atoms with Crippen molar-refractivity contribution in [2.24, 2.45) is 5.92 Å². The molecule has 0 fully saturated rings. The van der Waals surface area contributed by atoms with Crippen molar-refractivity contribution in [1.82, 2.24) is 0 Å². The van der Waals surface area contributed by atoms with Crippen molar-refractivity contribution in [3.63, 3.8) is 0 Å². The third-order valence-electron chi connectivity index (χ3n) is 5.56. The average molecular weight is 338 g/mol. The van der Waals surface area contributed by atoms with Crippen molar-refractivity contribution < 1.29 is 0 Å². The van der Waals surface area contributed by atoms with E-state index in [2.05, 4.69) is 27.2 Å². The van der Waals surface area contributed by atoms with Crippen LogP contribution >= 0.6 is 0 Å². The lowest BCUT2D eigenvalue weighted by molar-refractivity contribution is 0.437. The predicted octanol–water partition coefficient (Wildman–Crippen LogP) is 9.28. The maximum atomic E-state index is 2.59. The van der Waals surface area contributed by atoms with Gasteiger partial charge in [-0.25, -0.2) is 0 Å². The summed E-state index contributed by atoms with van der Waals surface area (Å²) in [5.74, 6) is 0.965. The number of rotatable bonds is 20. The van der Waals surface area contributed by atoms with Crippen LogP contribution in [0, 0.1) is 12.3 Å². The average Bonchev–Trinajstić information content (AvgIpc) is 2.61. The van der Waals surface area contributed by atoms with Crippen LogP contribution in [-0.2, 0) is 0 Å². The normalized spacial score (nSPS) is 12.6. The van der Waals surface area contributed by atoms with Gasteiger partial charge in [0.25, 0.3) is 0 Å². The van der Waals surface area contributed by atoms with Crippen LogP contribution < -0.4 is 0 Å². The molecular weight excluding hydrogens is 288 g/mol. The van der Waals surface area contributed by atoms with Crippen molar-refractivity contribution in [3.8, 4) is 0 Å². The number of unbranched alkanes of at least 4 members (excludes halogenated alkanes) is 15. The molecule has 0 heteroatoms. The van der Waals surface area contributed by atoms with Crippen molar-refractivity contribution in [2.45, 2.75) is 143 Å². The molecule has 0 rings (SSSR count).